The van der Waals surface area contributed by atoms with Crippen molar-refractivity contribution < 1.29 is 17.9 Å². The number of hydrogen-bond acceptors (Lipinski definition) is 6. The van der Waals surface area contributed by atoms with Crippen LogP contribution in [0.4, 0.5) is 5.69 Å². The molecule has 9 heteroatoms. The Morgan fingerprint density at radius 2 is 1.91 bits per heavy atom. The summed E-state index contributed by atoms with van der Waals surface area (Å²) in [5.41, 5.74) is 0.598. The minimum atomic E-state index is -3.47. The number of benzene rings is 1. The van der Waals surface area contributed by atoms with E-state index in [-0.39, 0.29) is 23.5 Å². The number of piperidine rings is 1. The van der Waals surface area contributed by atoms with Gasteiger partial charge in [0.25, 0.3) is 0 Å². The van der Waals surface area contributed by atoms with Gasteiger partial charge in [-0.15, -0.1) is 11.3 Å². The van der Waals surface area contributed by atoms with E-state index in [1.807, 2.05) is 11.4 Å². The van der Waals surface area contributed by atoms with Crippen LogP contribution in [0.25, 0.3) is 0 Å². The average Bonchev–Trinajstić information content (AvgIpc) is 3.49. The van der Waals surface area contributed by atoms with Crippen molar-refractivity contribution in [2.75, 3.05) is 38.1 Å². The molecule has 174 valence electrons. The number of hydrogen-bond donors (Lipinski definition) is 1. The van der Waals surface area contributed by atoms with Crippen LogP contribution >= 0.6 is 11.3 Å². The molecule has 4 rings (SSSR count). The summed E-state index contributed by atoms with van der Waals surface area (Å²) in [7, 11) is -3.47. The molecule has 2 fully saturated rings. The van der Waals surface area contributed by atoms with Crippen LogP contribution < -0.4 is 5.32 Å². The van der Waals surface area contributed by atoms with E-state index >= 15 is 0 Å². The molecule has 1 N–H and O–H groups in total. The molecule has 0 bridgehead atoms. The van der Waals surface area contributed by atoms with Gasteiger partial charge in [-0.3, -0.25) is 9.69 Å². The number of carbonyl (C=O) groups is 1. The Morgan fingerprint density at radius 1 is 1.12 bits per heavy atom. The zero-order valence-electron chi connectivity index (χ0n) is 18.2. The summed E-state index contributed by atoms with van der Waals surface area (Å²) in [6.45, 7) is 3.62. The van der Waals surface area contributed by atoms with Crippen LogP contribution in [0.3, 0.4) is 0 Å². The fraction of sp³-hybridized carbons (Fsp3) is 0.522. The number of sulfonamides is 1. The van der Waals surface area contributed by atoms with Crippen LogP contribution in [0.5, 0.6) is 0 Å². The Morgan fingerprint density at radius 3 is 2.56 bits per heavy atom. The van der Waals surface area contributed by atoms with Crippen molar-refractivity contribution in [3.05, 3.63) is 46.7 Å². The Hall–Kier alpha value is -1.78. The number of nitrogens with zero attached hydrogens (tertiary/aromatic N) is 2. The highest BCUT2D eigenvalue weighted by molar-refractivity contribution is 7.89. The van der Waals surface area contributed by atoms with E-state index in [0.717, 1.165) is 45.3 Å². The highest BCUT2D eigenvalue weighted by atomic mass is 32.2. The fourth-order valence-electron chi connectivity index (χ4n) is 4.25. The third kappa shape index (κ3) is 6.17. The fourth-order valence-corrected chi connectivity index (χ4v) is 6.52. The summed E-state index contributed by atoms with van der Waals surface area (Å²) in [6, 6.07) is 10.6. The van der Waals surface area contributed by atoms with Crippen LogP contribution in [0.1, 0.15) is 37.0 Å². The molecule has 2 aromatic rings. The lowest BCUT2D eigenvalue weighted by Crippen LogP contribution is -2.37. The van der Waals surface area contributed by atoms with Crippen LogP contribution in [-0.2, 0) is 26.1 Å². The number of ether oxygens (including phenoxy) is 1. The highest BCUT2D eigenvalue weighted by Crippen LogP contribution is 2.22. The van der Waals surface area contributed by atoms with E-state index in [0.29, 0.717) is 25.3 Å². The van der Waals surface area contributed by atoms with E-state index in [1.165, 1.54) is 4.88 Å². The number of anilines is 1. The van der Waals surface area contributed by atoms with Crippen molar-refractivity contribution in [2.24, 2.45) is 0 Å². The van der Waals surface area contributed by atoms with Crippen LogP contribution in [0.2, 0.25) is 0 Å². The van der Waals surface area contributed by atoms with Crippen LogP contribution in [0.15, 0.2) is 46.7 Å². The molecule has 0 spiro atoms. The topological polar surface area (TPSA) is 79.0 Å². The second-order valence-electron chi connectivity index (χ2n) is 8.42. The average molecular weight is 478 g/mol. The van der Waals surface area contributed by atoms with Gasteiger partial charge < -0.3 is 10.1 Å². The first-order chi connectivity index (χ1) is 15.5. The lowest BCUT2D eigenvalue weighted by Gasteiger charge is -2.26. The van der Waals surface area contributed by atoms with Crippen molar-refractivity contribution in [3.8, 4) is 0 Å². The molecule has 1 aromatic carbocycles. The molecule has 1 atom stereocenters. The van der Waals surface area contributed by atoms with Gasteiger partial charge in [0.05, 0.1) is 17.5 Å². The standard InChI is InChI=1S/C23H31N3O4S2/c27-23(18-25(16-20-6-4-14-30-20)17-21-7-5-15-31-21)24-19-8-10-22(11-9-19)32(28,29)26-12-2-1-3-13-26/h5,7-11,15,20H,1-4,6,12-14,16-18H2,(H,24,27)/t20-/m0/s1. The summed E-state index contributed by atoms with van der Waals surface area (Å²) in [6.07, 6.45) is 5.14. The Labute approximate surface area is 194 Å². The summed E-state index contributed by atoms with van der Waals surface area (Å²) in [5, 5.41) is 4.95. The van der Waals surface area contributed by atoms with Crippen LogP contribution in [-0.4, -0.2) is 62.4 Å². The van der Waals surface area contributed by atoms with Gasteiger partial charge in [-0.1, -0.05) is 12.5 Å². The van der Waals surface area contributed by atoms with E-state index in [1.54, 1.807) is 39.9 Å². The SMILES string of the molecule is O=C(CN(Cc1cccs1)C[C@@H]1CCCO1)Nc1ccc(S(=O)(=O)N2CCCCC2)cc1. The van der Waals surface area contributed by atoms with Crippen molar-refractivity contribution in [2.45, 2.75) is 49.6 Å². The number of carbonyl (C=O) groups excluding carboxylic acids is 1. The van der Waals surface area contributed by atoms with Gasteiger partial charge in [0.1, 0.15) is 0 Å². The van der Waals surface area contributed by atoms with E-state index in [9.17, 15) is 13.2 Å². The Kier molecular flexibility index (Phi) is 7.96. The molecule has 32 heavy (non-hydrogen) atoms. The van der Waals surface area contributed by atoms with Gasteiger partial charge in [-0.05, 0) is 61.4 Å². The minimum absolute atomic E-state index is 0.119. The Balaban J connectivity index is 1.36. The molecule has 3 heterocycles. The highest BCUT2D eigenvalue weighted by Gasteiger charge is 2.26. The molecule has 1 amide bonds. The van der Waals surface area contributed by atoms with Gasteiger partial charge in [0.15, 0.2) is 0 Å². The van der Waals surface area contributed by atoms with E-state index in [4.69, 9.17) is 4.74 Å². The second kappa shape index (κ2) is 10.9. The summed E-state index contributed by atoms with van der Waals surface area (Å²) < 4.78 is 32.9. The quantitative estimate of drug-likeness (QED) is 0.598. The van der Waals surface area contributed by atoms with Gasteiger partial charge in [-0.2, -0.15) is 4.31 Å². The number of rotatable bonds is 9. The smallest absolute Gasteiger partial charge is 0.243 e. The number of amides is 1. The van der Waals surface area contributed by atoms with E-state index < -0.39 is 10.0 Å². The molecular weight excluding hydrogens is 446 g/mol. The lowest BCUT2D eigenvalue weighted by atomic mass is 10.2. The molecule has 0 saturated carbocycles. The molecule has 7 nitrogen and oxygen atoms in total. The predicted octanol–water partition coefficient (Wildman–Crippen LogP) is 3.54. The van der Waals surface area contributed by atoms with E-state index in [2.05, 4.69) is 16.3 Å². The largest absolute Gasteiger partial charge is 0.377 e. The van der Waals surface area contributed by atoms with Gasteiger partial charge >= 0.3 is 0 Å². The summed E-state index contributed by atoms with van der Waals surface area (Å²) >= 11 is 1.68. The van der Waals surface area contributed by atoms with Crippen molar-refractivity contribution in [1.29, 1.82) is 0 Å². The number of thiophene rings is 1. The van der Waals surface area contributed by atoms with Crippen LogP contribution in [0, 0.1) is 0 Å². The maximum atomic E-state index is 12.8. The molecule has 2 saturated heterocycles. The Bertz CT molecular complexity index is 965. The molecule has 0 radical (unpaired) electrons. The summed E-state index contributed by atoms with van der Waals surface area (Å²) in [5.74, 6) is -0.119. The normalized spacial score (nSPS) is 20.0. The molecule has 2 aliphatic rings. The monoisotopic (exact) mass is 477 g/mol. The lowest BCUT2D eigenvalue weighted by molar-refractivity contribution is -0.117. The van der Waals surface area contributed by atoms with Gasteiger partial charge in [0, 0.05) is 43.4 Å². The first-order valence-electron chi connectivity index (χ1n) is 11.3. The zero-order valence-corrected chi connectivity index (χ0v) is 19.9. The molecule has 0 unspecified atom stereocenters. The molecular formula is C23H31N3O4S2. The second-order valence-corrected chi connectivity index (χ2v) is 11.4. The first kappa shape index (κ1) is 23.4. The summed E-state index contributed by atoms with van der Waals surface area (Å²) in [4.78, 5) is 16.3. The maximum Gasteiger partial charge on any atom is 0.243 e. The van der Waals surface area contributed by atoms with Gasteiger partial charge in [-0.25, -0.2) is 8.42 Å². The zero-order chi connectivity index (χ0) is 22.4. The predicted molar refractivity (Wildman–Crippen MR) is 126 cm³/mol. The molecule has 2 aliphatic heterocycles. The van der Waals surface area contributed by atoms with Crippen molar-refractivity contribution >= 4 is 33.0 Å². The maximum absolute atomic E-state index is 12.8. The van der Waals surface area contributed by atoms with Gasteiger partial charge in [0.2, 0.25) is 15.9 Å². The van der Waals surface area contributed by atoms with Crippen molar-refractivity contribution in [3.63, 3.8) is 0 Å². The molecule has 0 aliphatic carbocycles. The number of nitrogens with one attached hydrogen (secondary N) is 1. The third-order valence-electron chi connectivity index (χ3n) is 5.90. The first-order valence-corrected chi connectivity index (χ1v) is 13.6. The molecule has 1 aromatic heterocycles. The minimum Gasteiger partial charge on any atom is -0.377 e. The van der Waals surface area contributed by atoms with Crippen molar-refractivity contribution in [1.82, 2.24) is 9.21 Å². The third-order valence-corrected chi connectivity index (χ3v) is 8.68.